The van der Waals surface area contributed by atoms with Crippen molar-refractivity contribution in [2.75, 3.05) is 18.7 Å². The Hall–Kier alpha value is -2.57. The van der Waals surface area contributed by atoms with Crippen LogP contribution in [0.15, 0.2) is 17.1 Å². The third kappa shape index (κ3) is 5.32. The molecule has 3 N–H and O–H groups in total. The molecule has 12 heteroatoms. The van der Waals surface area contributed by atoms with Gasteiger partial charge in [0.05, 0.1) is 11.8 Å². The quantitative estimate of drug-likeness (QED) is 0.377. The second-order valence-corrected chi connectivity index (χ2v) is 7.43. The number of hydrogen-bond acceptors (Lipinski definition) is 10. The monoisotopic (exact) mass is 431 g/mol. The van der Waals surface area contributed by atoms with Gasteiger partial charge in [0.25, 0.3) is 5.85 Å². The molecule has 0 aliphatic carbocycles. The van der Waals surface area contributed by atoms with Gasteiger partial charge < -0.3 is 29.7 Å². The molecule has 1 aromatic rings. The summed E-state index contributed by atoms with van der Waals surface area (Å²) in [5.74, 6) is -4.84. The number of esters is 2. The Labute approximate surface area is 171 Å². The lowest BCUT2D eigenvalue weighted by Crippen LogP contribution is -2.43. The van der Waals surface area contributed by atoms with E-state index in [1.807, 2.05) is 0 Å². The number of aliphatic hydroxyl groups excluding tert-OH is 2. The molecule has 0 unspecified atom stereocenters. The zero-order valence-corrected chi connectivity index (χ0v) is 17.1. The highest BCUT2D eigenvalue weighted by atomic mass is 19.2. The number of halogens is 1. The largest absolute Gasteiger partial charge is 0.459 e. The van der Waals surface area contributed by atoms with Crippen LogP contribution >= 0.6 is 0 Å². The van der Waals surface area contributed by atoms with Crippen molar-refractivity contribution in [3.8, 4) is 0 Å². The molecule has 1 saturated heterocycles. The van der Waals surface area contributed by atoms with E-state index in [0.717, 1.165) is 10.8 Å². The zero-order chi connectivity index (χ0) is 22.6. The maximum Gasteiger partial charge on any atom is 0.351 e. The van der Waals surface area contributed by atoms with Gasteiger partial charge in [0.15, 0.2) is 19.6 Å². The average Bonchev–Trinajstić information content (AvgIpc) is 2.90. The summed E-state index contributed by atoms with van der Waals surface area (Å²) in [5, 5.41) is 22.8. The molecule has 2 rings (SSSR count). The lowest BCUT2D eigenvalue weighted by atomic mass is 10.1. The molecule has 0 spiro atoms. The Morgan fingerprint density at radius 3 is 2.43 bits per heavy atom. The maximum absolute atomic E-state index is 14.9. The molecule has 0 amide bonds. The number of anilines is 1. The van der Waals surface area contributed by atoms with Crippen molar-refractivity contribution >= 4 is 17.8 Å². The number of aromatic nitrogens is 2. The number of carbonyl (C=O) groups excluding carboxylic acids is 2. The molecule has 168 valence electrons. The average molecular weight is 431 g/mol. The molecule has 0 saturated carbocycles. The summed E-state index contributed by atoms with van der Waals surface area (Å²) < 4.78 is 30.4. The minimum atomic E-state index is -2.91. The minimum Gasteiger partial charge on any atom is -0.459 e. The van der Waals surface area contributed by atoms with Crippen LogP contribution in [0.2, 0.25) is 0 Å². The highest BCUT2D eigenvalue weighted by molar-refractivity contribution is 5.71. The molecule has 11 nitrogen and oxygen atoms in total. The normalized spacial score (nSPS) is 26.1. The van der Waals surface area contributed by atoms with E-state index in [9.17, 15) is 29.0 Å². The van der Waals surface area contributed by atoms with Crippen molar-refractivity contribution in [2.45, 2.75) is 52.0 Å². The van der Waals surface area contributed by atoms with E-state index in [2.05, 4.69) is 10.3 Å². The number of hydrogen-bond donors (Lipinski definition) is 3. The van der Waals surface area contributed by atoms with E-state index in [1.165, 1.54) is 6.07 Å². The zero-order valence-electron chi connectivity index (χ0n) is 17.1. The van der Waals surface area contributed by atoms with Gasteiger partial charge in [-0.2, -0.15) is 4.98 Å². The fourth-order valence-electron chi connectivity index (χ4n) is 2.48. The topological polar surface area (TPSA) is 149 Å². The summed E-state index contributed by atoms with van der Waals surface area (Å²) in [4.78, 5) is 38.9. The van der Waals surface area contributed by atoms with Gasteiger partial charge in [-0.3, -0.25) is 14.2 Å². The number of carbonyl (C=O) groups is 2. The first kappa shape index (κ1) is 23.7. The van der Waals surface area contributed by atoms with Crippen LogP contribution in [-0.4, -0.2) is 63.1 Å². The van der Waals surface area contributed by atoms with Crippen LogP contribution in [0.4, 0.5) is 10.2 Å². The molecule has 0 aromatic carbocycles. The van der Waals surface area contributed by atoms with Crippen LogP contribution in [-0.2, 0) is 23.8 Å². The maximum atomic E-state index is 14.9. The summed E-state index contributed by atoms with van der Waals surface area (Å²) in [5.41, 5.74) is -0.921. The predicted molar refractivity (Wildman–Crippen MR) is 99.7 cm³/mol. The lowest BCUT2D eigenvalue weighted by molar-refractivity contribution is -0.218. The van der Waals surface area contributed by atoms with Crippen molar-refractivity contribution in [3.05, 3.63) is 22.7 Å². The van der Waals surface area contributed by atoms with Gasteiger partial charge in [-0.25, -0.2) is 9.18 Å². The van der Waals surface area contributed by atoms with Crippen LogP contribution in [0.1, 0.15) is 33.9 Å². The van der Waals surface area contributed by atoms with E-state index in [-0.39, 0.29) is 18.5 Å². The Kier molecular flexibility index (Phi) is 7.50. The molecule has 1 aliphatic rings. The Morgan fingerprint density at radius 1 is 1.27 bits per heavy atom. The van der Waals surface area contributed by atoms with Gasteiger partial charge >= 0.3 is 17.6 Å². The van der Waals surface area contributed by atoms with Crippen LogP contribution in [0.25, 0.3) is 0 Å². The molecule has 0 radical (unpaired) electrons. The summed E-state index contributed by atoms with van der Waals surface area (Å²) in [6, 6.07) is 1.31. The van der Waals surface area contributed by atoms with E-state index >= 15 is 0 Å². The second-order valence-electron chi connectivity index (χ2n) is 7.43. The molecule has 30 heavy (non-hydrogen) atoms. The third-order valence-corrected chi connectivity index (χ3v) is 4.30. The molecule has 1 fully saturated rings. The van der Waals surface area contributed by atoms with Crippen LogP contribution in [0.5, 0.6) is 0 Å². The molecular weight excluding hydrogens is 405 g/mol. The van der Waals surface area contributed by atoms with Gasteiger partial charge in [0.1, 0.15) is 18.0 Å². The number of aliphatic hydroxyl groups is 2. The molecule has 2 heterocycles. The minimum absolute atomic E-state index is 0.0678. The van der Waals surface area contributed by atoms with Crippen LogP contribution < -0.4 is 11.0 Å². The summed E-state index contributed by atoms with van der Waals surface area (Å²) in [6.07, 6.45) is -4.33. The van der Waals surface area contributed by atoms with Crippen molar-refractivity contribution in [1.82, 2.24) is 9.55 Å². The standard InChI is InChI=1S/C18H26FN3O8/c1-9(2)15(25)28-7-18(19)13(24)12(23)14(30-18)22-6-5-11(21-17(22)27)20-8-29-16(26)10(3)4/h5-6,9-10,12-14,23-24H,7-8H2,1-4H3,(H,20,21,27)/t12-,13+,14-,18-/m1/s1. The summed E-state index contributed by atoms with van der Waals surface area (Å²) >= 11 is 0. The molecule has 0 bridgehead atoms. The van der Waals surface area contributed by atoms with Crippen LogP contribution in [0, 0.1) is 11.8 Å². The van der Waals surface area contributed by atoms with E-state index in [4.69, 9.17) is 14.2 Å². The van der Waals surface area contributed by atoms with Gasteiger partial charge in [0, 0.05) is 6.20 Å². The number of nitrogens with one attached hydrogen (secondary N) is 1. The molecular formula is C18H26FN3O8. The number of nitrogens with zero attached hydrogens (tertiary/aromatic N) is 2. The highest BCUT2D eigenvalue weighted by Gasteiger charge is 2.57. The van der Waals surface area contributed by atoms with E-state index in [1.54, 1.807) is 27.7 Å². The van der Waals surface area contributed by atoms with Gasteiger partial charge in [0.2, 0.25) is 0 Å². The smallest absolute Gasteiger partial charge is 0.351 e. The van der Waals surface area contributed by atoms with Crippen LogP contribution in [0.3, 0.4) is 0 Å². The van der Waals surface area contributed by atoms with E-state index in [0.29, 0.717) is 0 Å². The van der Waals surface area contributed by atoms with Gasteiger partial charge in [-0.1, -0.05) is 27.7 Å². The Morgan fingerprint density at radius 2 is 1.87 bits per heavy atom. The highest BCUT2D eigenvalue weighted by Crippen LogP contribution is 2.38. The van der Waals surface area contributed by atoms with Gasteiger partial charge in [-0.15, -0.1) is 0 Å². The van der Waals surface area contributed by atoms with Crippen molar-refractivity contribution in [2.24, 2.45) is 11.8 Å². The third-order valence-electron chi connectivity index (χ3n) is 4.30. The number of ether oxygens (including phenoxy) is 3. The SMILES string of the molecule is CC(C)C(=O)OCNc1ccn([C@@H]2O[C@](F)(COC(=O)C(C)C)[C@@H](O)[C@H]2O)c(=O)n1. The van der Waals surface area contributed by atoms with Crippen molar-refractivity contribution in [1.29, 1.82) is 0 Å². The second kappa shape index (κ2) is 9.49. The van der Waals surface area contributed by atoms with Crippen molar-refractivity contribution in [3.63, 3.8) is 0 Å². The number of rotatable bonds is 8. The molecule has 1 aliphatic heterocycles. The summed E-state index contributed by atoms with van der Waals surface area (Å²) in [6.45, 7) is 5.24. The Balaban J connectivity index is 2.07. The molecule has 1 aromatic heterocycles. The van der Waals surface area contributed by atoms with Crippen molar-refractivity contribution < 1.29 is 38.4 Å². The first-order valence-corrected chi connectivity index (χ1v) is 9.35. The summed E-state index contributed by atoms with van der Waals surface area (Å²) in [7, 11) is 0. The molecule has 4 atom stereocenters. The lowest BCUT2D eigenvalue weighted by Gasteiger charge is -2.23. The van der Waals surface area contributed by atoms with E-state index < -0.39 is 54.4 Å². The first-order valence-electron chi connectivity index (χ1n) is 9.35. The number of alkyl halides is 1. The first-order chi connectivity index (χ1) is 14.0. The Bertz CT molecular complexity index is 830. The predicted octanol–water partition coefficient (Wildman–Crippen LogP) is -0.0725. The fourth-order valence-corrected chi connectivity index (χ4v) is 2.48. The fraction of sp³-hybridized carbons (Fsp3) is 0.667. The van der Waals surface area contributed by atoms with Gasteiger partial charge in [-0.05, 0) is 6.07 Å².